The minimum absolute atomic E-state index is 0.255. The molecule has 0 fully saturated rings. The molecule has 0 atom stereocenters. The molecule has 0 aliphatic heterocycles. The Morgan fingerprint density at radius 2 is 2.18 bits per heavy atom. The molecule has 11 heavy (non-hydrogen) atoms. The second-order valence-electron chi connectivity index (χ2n) is 2.15. The lowest BCUT2D eigenvalue weighted by molar-refractivity contribution is 0.621. The van der Waals surface area contributed by atoms with E-state index in [-0.39, 0.29) is 5.69 Å². The van der Waals surface area contributed by atoms with E-state index >= 15 is 0 Å². The second-order valence-corrected chi connectivity index (χ2v) is 3.01. The molecule has 0 aromatic heterocycles. The molecule has 2 nitrogen and oxygen atoms in total. The summed E-state index contributed by atoms with van der Waals surface area (Å²) in [6.07, 6.45) is 0. The largest absolute Gasteiger partial charge is 0.390 e. The monoisotopic (exact) mass is 215 g/mol. The van der Waals surface area contributed by atoms with Gasteiger partial charge >= 0.3 is 5.69 Å². The number of halogens is 2. The minimum atomic E-state index is -0.427. The predicted octanol–water partition coefficient (Wildman–Crippen LogP) is 3.38. The third kappa shape index (κ3) is 1.55. The van der Waals surface area contributed by atoms with Crippen LogP contribution < -0.4 is 0 Å². The van der Waals surface area contributed by atoms with Crippen molar-refractivity contribution in [2.24, 2.45) is 0 Å². The number of hydrogen-bond acceptors (Lipinski definition) is 1. The van der Waals surface area contributed by atoms with Crippen LogP contribution in [0.2, 0.25) is 0 Å². The van der Waals surface area contributed by atoms with Crippen molar-refractivity contribution >= 4 is 21.6 Å². The molecule has 56 valence electrons. The van der Waals surface area contributed by atoms with Crippen molar-refractivity contribution in [3.63, 3.8) is 0 Å². The maximum atomic E-state index is 12.7. The third-order valence-corrected chi connectivity index (χ3v) is 1.95. The molecule has 0 saturated carbocycles. The number of aryl methyl sites for hydroxylation is 1. The first kappa shape index (κ1) is 8.15. The van der Waals surface area contributed by atoms with Gasteiger partial charge in [-0.05, 0) is 28.9 Å². The van der Waals surface area contributed by atoms with Crippen molar-refractivity contribution in [3.05, 3.63) is 33.0 Å². The van der Waals surface area contributed by atoms with Gasteiger partial charge in [0.15, 0.2) is 4.98 Å². The fourth-order valence-electron chi connectivity index (χ4n) is 0.744. The molecule has 0 heterocycles. The Bertz CT molecular complexity index is 330. The Kier molecular flexibility index (Phi) is 2.20. The standard InChI is InChI=1S/C7H5BrFN2/c1-4-2-5(8)6(9)3-7(4)11-10/h2-3H,1H3/q+1. The van der Waals surface area contributed by atoms with Gasteiger partial charge in [-0.2, -0.15) is 0 Å². The van der Waals surface area contributed by atoms with Crippen LogP contribution in [0.1, 0.15) is 5.56 Å². The highest BCUT2D eigenvalue weighted by Crippen LogP contribution is 2.25. The SMILES string of the molecule is Cc1cc(Br)c(F)cc1[N+]#N. The fourth-order valence-corrected chi connectivity index (χ4v) is 1.20. The molecule has 0 saturated heterocycles. The Morgan fingerprint density at radius 3 is 2.73 bits per heavy atom. The molecule has 0 unspecified atom stereocenters. The van der Waals surface area contributed by atoms with E-state index in [1.54, 1.807) is 13.0 Å². The molecule has 0 aliphatic carbocycles. The minimum Gasteiger partial charge on any atom is -0.205 e. The van der Waals surface area contributed by atoms with Gasteiger partial charge in [0.05, 0.1) is 10.5 Å². The lowest BCUT2D eigenvalue weighted by atomic mass is 10.2. The highest BCUT2D eigenvalue weighted by Gasteiger charge is 2.13. The van der Waals surface area contributed by atoms with E-state index < -0.39 is 5.82 Å². The second kappa shape index (κ2) is 2.97. The highest BCUT2D eigenvalue weighted by molar-refractivity contribution is 9.10. The smallest absolute Gasteiger partial charge is 0.205 e. The van der Waals surface area contributed by atoms with Crippen molar-refractivity contribution < 1.29 is 4.39 Å². The van der Waals surface area contributed by atoms with Crippen LogP contribution in [0.4, 0.5) is 10.1 Å². The number of hydrogen-bond donors (Lipinski definition) is 0. The van der Waals surface area contributed by atoms with Crippen LogP contribution in [-0.2, 0) is 0 Å². The van der Waals surface area contributed by atoms with E-state index in [1.807, 2.05) is 0 Å². The topological polar surface area (TPSA) is 28.1 Å². The molecule has 0 bridgehead atoms. The van der Waals surface area contributed by atoms with Gasteiger partial charge in [-0.25, -0.2) is 4.39 Å². The summed E-state index contributed by atoms with van der Waals surface area (Å²) in [6, 6.07) is 2.73. The number of benzene rings is 1. The van der Waals surface area contributed by atoms with Crippen molar-refractivity contribution in [2.45, 2.75) is 6.92 Å². The van der Waals surface area contributed by atoms with Crippen LogP contribution in [0.15, 0.2) is 16.6 Å². The molecule has 0 N–H and O–H groups in total. The normalized spacial score (nSPS) is 9.27. The Balaban J connectivity index is 3.35. The summed E-state index contributed by atoms with van der Waals surface area (Å²) in [6.45, 7) is 1.74. The zero-order chi connectivity index (χ0) is 8.43. The highest BCUT2D eigenvalue weighted by atomic mass is 79.9. The van der Waals surface area contributed by atoms with Crippen LogP contribution in [0, 0.1) is 18.1 Å². The number of diazo groups is 1. The molecule has 0 aliphatic rings. The molecular formula is C7H5BrFN2+. The first-order chi connectivity index (χ1) is 5.15. The maximum absolute atomic E-state index is 12.7. The maximum Gasteiger partial charge on any atom is 0.390 e. The van der Waals surface area contributed by atoms with E-state index in [2.05, 4.69) is 20.9 Å². The van der Waals surface area contributed by atoms with Crippen molar-refractivity contribution in [2.75, 3.05) is 0 Å². The molecule has 0 spiro atoms. The summed E-state index contributed by atoms with van der Waals surface area (Å²) in [5.41, 5.74) is 0.978. The van der Waals surface area contributed by atoms with Crippen LogP contribution in [0.3, 0.4) is 0 Å². The number of rotatable bonds is 0. The zero-order valence-electron chi connectivity index (χ0n) is 5.81. The van der Waals surface area contributed by atoms with Gasteiger partial charge in [0.2, 0.25) is 5.39 Å². The third-order valence-electron chi connectivity index (χ3n) is 1.35. The first-order valence-corrected chi connectivity index (χ1v) is 3.75. The van der Waals surface area contributed by atoms with E-state index in [9.17, 15) is 4.39 Å². The van der Waals surface area contributed by atoms with Crippen LogP contribution in [-0.4, -0.2) is 0 Å². The first-order valence-electron chi connectivity index (χ1n) is 2.96. The van der Waals surface area contributed by atoms with Gasteiger partial charge in [-0.3, -0.25) is 0 Å². The van der Waals surface area contributed by atoms with E-state index in [4.69, 9.17) is 5.39 Å². The predicted molar refractivity (Wildman–Crippen MR) is 43.6 cm³/mol. The summed E-state index contributed by atoms with van der Waals surface area (Å²) in [5, 5.41) is 8.38. The Labute approximate surface area is 71.8 Å². The number of nitrogens with zero attached hydrogens (tertiary/aromatic N) is 2. The Morgan fingerprint density at radius 1 is 1.55 bits per heavy atom. The molecule has 1 aromatic rings. The zero-order valence-corrected chi connectivity index (χ0v) is 7.39. The van der Waals surface area contributed by atoms with E-state index in [0.717, 1.165) is 5.56 Å². The summed E-state index contributed by atoms with van der Waals surface area (Å²) in [7, 11) is 0. The van der Waals surface area contributed by atoms with Crippen LogP contribution >= 0.6 is 15.9 Å². The summed E-state index contributed by atoms with van der Waals surface area (Å²) in [5.74, 6) is -0.427. The fraction of sp³-hybridized carbons (Fsp3) is 0.143. The van der Waals surface area contributed by atoms with E-state index in [0.29, 0.717) is 4.47 Å². The molecular weight excluding hydrogens is 211 g/mol. The van der Waals surface area contributed by atoms with Gasteiger partial charge in [-0.1, -0.05) is 0 Å². The summed E-state index contributed by atoms with van der Waals surface area (Å²) in [4.78, 5) is 2.91. The van der Waals surface area contributed by atoms with Crippen LogP contribution in [0.5, 0.6) is 0 Å². The quantitative estimate of drug-likeness (QED) is 0.611. The van der Waals surface area contributed by atoms with E-state index in [1.165, 1.54) is 6.07 Å². The van der Waals surface area contributed by atoms with Crippen LogP contribution in [0.25, 0.3) is 4.98 Å². The lowest BCUT2D eigenvalue weighted by Gasteiger charge is -1.91. The molecule has 0 radical (unpaired) electrons. The molecule has 4 heteroatoms. The van der Waals surface area contributed by atoms with Crippen molar-refractivity contribution in [1.82, 2.24) is 0 Å². The molecule has 1 aromatic carbocycles. The molecule has 1 rings (SSSR count). The average molecular weight is 216 g/mol. The van der Waals surface area contributed by atoms with Crippen molar-refractivity contribution in [3.8, 4) is 0 Å². The summed E-state index contributed by atoms with van der Waals surface area (Å²) < 4.78 is 13.1. The Hall–Kier alpha value is -0.950. The van der Waals surface area contributed by atoms with Gasteiger partial charge < -0.3 is 0 Å². The average Bonchev–Trinajstić information content (AvgIpc) is 1.97. The van der Waals surface area contributed by atoms with Gasteiger partial charge in [0.25, 0.3) is 0 Å². The van der Waals surface area contributed by atoms with Crippen molar-refractivity contribution in [1.29, 1.82) is 5.39 Å². The van der Waals surface area contributed by atoms with Gasteiger partial charge in [0.1, 0.15) is 5.82 Å². The lowest BCUT2D eigenvalue weighted by Crippen LogP contribution is -1.79. The molecule has 0 amide bonds. The summed E-state index contributed by atoms with van der Waals surface area (Å²) >= 11 is 3.01. The van der Waals surface area contributed by atoms with Gasteiger partial charge in [-0.15, -0.1) is 0 Å². The van der Waals surface area contributed by atoms with Gasteiger partial charge in [0, 0.05) is 5.56 Å².